The Balaban J connectivity index is 2.96. The zero-order valence-electron chi connectivity index (χ0n) is 9.86. The molecule has 0 aliphatic rings. The van der Waals surface area contributed by atoms with E-state index in [2.05, 4.69) is 0 Å². The van der Waals surface area contributed by atoms with Crippen LogP contribution in [-0.2, 0) is 6.54 Å². The average Bonchev–Trinajstić information content (AvgIpc) is 2.29. The number of rotatable bonds is 7. The summed E-state index contributed by atoms with van der Waals surface area (Å²) in [6.07, 6.45) is 0. The van der Waals surface area contributed by atoms with Crippen LogP contribution in [0.15, 0.2) is 24.3 Å². The minimum atomic E-state index is -0.877. The first-order valence-electron chi connectivity index (χ1n) is 5.53. The highest BCUT2D eigenvalue weighted by atomic mass is 16.6. The van der Waals surface area contributed by atoms with E-state index in [0.717, 1.165) is 0 Å². The van der Waals surface area contributed by atoms with Crippen LogP contribution in [-0.4, -0.2) is 46.1 Å². The maximum Gasteiger partial charge on any atom is 0.278 e. The van der Waals surface area contributed by atoms with Gasteiger partial charge in [0.25, 0.3) is 5.69 Å². The summed E-state index contributed by atoms with van der Waals surface area (Å²) in [6, 6.07) is 5.99. The van der Waals surface area contributed by atoms with Crippen molar-refractivity contribution in [3.8, 4) is 0 Å². The van der Waals surface area contributed by atoms with Crippen LogP contribution in [0.2, 0.25) is 0 Å². The summed E-state index contributed by atoms with van der Waals surface area (Å²) in [7, 11) is 0. The van der Waals surface area contributed by atoms with Gasteiger partial charge < -0.3 is 20.1 Å². The quantitative estimate of drug-likeness (QED) is 0.417. The van der Waals surface area contributed by atoms with E-state index in [-0.39, 0.29) is 38.5 Å². The molecule has 0 bridgehead atoms. The zero-order valence-corrected chi connectivity index (χ0v) is 9.86. The highest BCUT2D eigenvalue weighted by Crippen LogP contribution is 2.22. The second kappa shape index (κ2) is 6.41. The summed E-state index contributed by atoms with van der Waals surface area (Å²) in [5, 5.41) is 40.8. The molecule has 0 amide bonds. The van der Waals surface area contributed by atoms with E-state index in [1.165, 1.54) is 18.2 Å². The molecule has 0 radical (unpaired) electrons. The van der Waals surface area contributed by atoms with Crippen LogP contribution in [0.1, 0.15) is 5.56 Å². The lowest BCUT2D eigenvalue weighted by Crippen LogP contribution is -2.45. The van der Waals surface area contributed by atoms with Crippen molar-refractivity contribution in [3.05, 3.63) is 45.2 Å². The molecule has 1 rings (SSSR count). The maximum atomic E-state index is 12.2. The van der Waals surface area contributed by atoms with Gasteiger partial charge in [-0.3, -0.25) is 10.1 Å². The van der Waals surface area contributed by atoms with Crippen LogP contribution < -0.4 is 0 Å². The van der Waals surface area contributed by atoms with Crippen molar-refractivity contribution in [1.29, 1.82) is 0 Å². The molecular formula is C11H16N2O5. The largest absolute Gasteiger partial charge is 0.632 e. The lowest BCUT2D eigenvalue weighted by atomic mass is 10.1. The normalized spacial score (nSPS) is 11.5. The fourth-order valence-electron chi connectivity index (χ4n) is 1.77. The van der Waals surface area contributed by atoms with Crippen molar-refractivity contribution in [2.75, 3.05) is 26.3 Å². The number of nitrogens with zero attached hydrogens (tertiary/aromatic N) is 2. The number of benzene rings is 1. The molecule has 0 aromatic heterocycles. The van der Waals surface area contributed by atoms with Gasteiger partial charge in [0.05, 0.1) is 23.7 Å². The van der Waals surface area contributed by atoms with Crippen LogP contribution in [0.3, 0.4) is 0 Å². The summed E-state index contributed by atoms with van der Waals surface area (Å²) in [4.78, 5) is 10.3. The number of hydroxylamine groups is 3. The average molecular weight is 256 g/mol. The van der Waals surface area contributed by atoms with Crippen LogP contribution in [0.5, 0.6) is 0 Å². The zero-order chi connectivity index (χ0) is 13.6. The van der Waals surface area contributed by atoms with Gasteiger partial charge in [-0.25, -0.2) is 0 Å². The van der Waals surface area contributed by atoms with E-state index < -0.39 is 9.57 Å². The molecular weight excluding hydrogens is 240 g/mol. The Morgan fingerprint density at radius 3 is 2.22 bits per heavy atom. The summed E-state index contributed by atoms with van der Waals surface area (Å²) < 4.78 is -0.877. The molecule has 0 saturated carbocycles. The smallest absolute Gasteiger partial charge is 0.278 e. The maximum absolute atomic E-state index is 12.2. The third kappa shape index (κ3) is 3.74. The van der Waals surface area contributed by atoms with Crippen LogP contribution in [0.25, 0.3) is 0 Å². The van der Waals surface area contributed by atoms with Gasteiger partial charge in [-0.2, -0.15) is 0 Å². The first-order chi connectivity index (χ1) is 8.52. The monoisotopic (exact) mass is 256 g/mol. The number of nitro groups is 1. The van der Waals surface area contributed by atoms with E-state index in [1.807, 2.05) is 0 Å². The number of hydrogen-bond donors (Lipinski definition) is 2. The second-order valence-corrected chi connectivity index (χ2v) is 4.00. The third-order valence-electron chi connectivity index (χ3n) is 2.66. The Morgan fingerprint density at radius 1 is 1.17 bits per heavy atom. The van der Waals surface area contributed by atoms with E-state index in [0.29, 0.717) is 5.56 Å². The predicted molar refractivity (Wildman–Crippen MR) is 64.3 cm³/mol. The Labute approximate surface area is 104 Å². The summed E-state index contributed by atoms with van der Waals surface area (Å²) in [5.74, 6) is 0. The van der Waals surface area contributed by atoms with Crippen molar-refractivity contribution in [1.82, 2.24) is 0 Å². The SMILES string of the molecule is O=[N+]([O-])c1ccccc1C[N+]([O-])(CCO)CCO. The fourth-order valence-corrected chi connectivity index (χ4v) is 1.77. The fraction of sp³-hybridized carbons (Fsp3) is 0.455. The summed E-state index contributed by atoms with van der Waals surface area (Å²) in [5.41, 5.74) is 0.186. The lowest BCUT2D eigenvalue weighted by molar-refractivity contribution is -0.894. The van der Waals surface area contributed by atoms with E-state index in [4.69, 9.17) is 10.2 Å². The summed E-state index contributed by atoms with van der Waals surface area (Å²) >= 11 is 0. The molecule has 0 aliphatic heterocycles. The van der Waals surface area contributed by atoms with Crippen LogP contribution in [0, 0.1) is 15.3 Å². The lowest BCUT2D eigenvalue weighted by Gasteiger charge is -2.41. The molecule has 100 valence electrons. The standard InChI is InChI=1S/C11H16N2O5/c14-7-5-13(18,6-8-15)9-10-3-1-2-4-11(10)12(16)17/h1-4,14-15H,5-9H2. The highest BCUT2D eigenvalue weighted by molar-refractivity contribution is 5.39. The molecule has 7 heteroatoms. The molecule has 0 unspecified atom stereocenters. The molecule has 18 heavy (non-hydrogen) atoms. The van der Waals surface area contributed by atoms with Crippen molar-refractivity contribution < 1.29 is 19.8 Å². The summed E-state index contributed by atoms with van der Waals surface area (Å²) in [6.45, 7) is -1.01. The molecule has 0 atom stereocenters. The van der Waals surface area contributed by atoms with Gasteiger partial charge in [-0.1, -0.05) is 12.1 Å². The third-order valence-corrected chi connectivity index (χ3v) is 2.66. The molecule has 0 heterocycles. The van der Waals surface area contributed by atoms with Gasteiger partial charge >= 0.3 is 0 Å². The molecule has 1 aromatic rings. The number of aliphatic hydroxyl groups excluding tert-OH is 2. The number of quaternary nitrogens is 1. The van der Waals surface area contributed by atoms with Gasteiger partial charge in [0.15, 0.2) is 0 Å². The minimum absolute atomic E-state index is 0.105. The molecule has 7 nitrogen and oxygen atoms in total. The van der Waals surface area contributed by atoms with Gasteiger partial charge in [-0.05, 0) is 6.07 Å². The molecule has 0 fully saturated rings. The number of para-hydroxylation sites is 1. The molecule has 0 spiro atoms. The number of aliphatic hydroxyl groups is 2. The molecule has 1 aromatic carbocycles. The number of hydrogen-bond acceptors (Lipinski definition) is 5. The topological polar surface area (TPSA) is 107 Å². The highest BCUT2D eigenvalue weighted by Gasteiger charge is 2.22. The van der Waals surface area contributed by atoms with Crippen LogP contribution >= 0.6 is 0 Å². The molecule has 2 N–H and O–H groups in total. The van der Waals surface area contributed by atoms with Crippen LogP contribution in [0.4, 0.5) is 5.69 Å². The second-order valence-electron chi connectivity index (χ2n) is 4.00. The predicted octanol–water partition coefficient (Wildman–Crippen LogP) is 0.394. The van der Waals surface area contributed by atoms with Crippen molar-refractivity contribution in [3.63, 3.8) is 0 Å². The number of nitro benzene ring substituents is 1. The first kappa shape index (κ1) is 14.5. The van der Waals surface area contributed by atoms with Crippen molar-refractivity contribution in [2.24, 2.45) is 0 Å². The Morgan fingerprint density at radius 2 is 1.72 bits per heavy atom. The van der Waals surface area contributed by atoms with E-state index in [1.54, 1.807) is 6.07 Å². The van der Waals surface area contributed by atoms with E-state index in [9.17, 15) is 15.3 Å². The Hall–Kier alpha value is -1.54. The Kier molecular flexibility index (Phi) is 5.17. The molecule has 0 saturated heterocycles. The van der Waals surface area contributed by atoms with Crippen molar-refractivity contribution >= 4 is 5.69 Å². The first-order valence-corrected chi connectivity index (χ1v) is 5.53. The van der Waals surface area contributed by atoms with Gasteiger partial charge in [0.1, 0.15) is 19.6 Å². The van der Waals surface area contributed by atoms with Gasteiger partial charge in [0, 0.05) is 6.07 Å². The minimum Gasteiger partial charge on any atom is -0.632 e. The molecule has 0 aliphatic carbocycles. The Bertz CT molecular complexity index is 404. The van der Waals surface area contributed by atoms with E-state index >= 15 is 0 Å². The van der Waals surface area contributed by atoms with Gasteiger partial charge in [0.2, 0.25) is 0 Å². The van der Waals surface area contributed by atoms with Crippen molar-refractivity contribution in [2.45, 2.75) is 6.54 Å². The van der Waals surface area contributed by atoms with Gasteiger partial charge in [-0.15, -0.1) is 0 Å².